The minimum Gasteiger partial charge on any atom is -0.365 e. The number of hydrogen-bond acceptors (Lipinski definition) is 4. The van der Waals surface area contributed by atoms with Gasteiger partial charge in [-0.2, -0.15) is 5.10 Å². The summed E-state index contributed by atoms with van der Waals surface area (Å²) < 4.78 is 7.24. The molecule has 2 aromatic rings. The van der Waals surface area contributed by atoms with Gasteiger partial charge in [0.1, 0.15) is 13.2 Å². The van der Waals surface area contributed by atoms with Crippen LogP contribution in [0.1, 0.15) is 17.0 Å². The van der Waals surface area contributed by atoms with Gasteiger partial charge in [-0.3, -0.25) is 14.3 Å². The van der Waals surface area contributed by atoms with Crippen LogP contribution in [0.4, 0.5) is 0 Å². The van der Waals surface area contributed by atoms with Crippen LogP contribution in [-0.2, 0) is 27.4 Å². The minimum atomic E-state index is -0.208. The third-order valence-electron chi connectivity index (χ3n) is 4.36. The number of carbonyl (C=O) groups excluding carboxylic acids is 2. The molecular weight excluding hydrogens is 332 g/mol. The second-order valence-electron chi connectivity index (χ2n) is 6.58. The molecule has 1 atom stereocenters. The van der Waals surface area contributed by atoms with Crippen LogP contribution in [-0.4, -0.2) is 52.3 Å². The van der Waals surface area contributed by atoms with Crippen molar-refractivity contribution in [1.82, 2.24) is 20.0 Å². The quantitative estimate of drug-likeness (QED) is 0.839. The Morgan fingerprint density at radius 2 is 2.08 bits per heavy atom. The molecule has 2 heterocycles. The molecule has 1 aromatic carbocycles. The van der Waals surface area contributed by atoms with Crippen molar-refractivity contribution in [3.05, 3.63) is 53.3 Å². The molecule has 0 aliphatic carbocycles. The topological polar surface area (TPSA) is 76.5 Å². The fraction of sp³-hybridized carbons (Fsp3) is 0.421. The Labute approximate surface area is 152 Å². The van der Waals surface area contributed by atoms with Crippen molar-refractivity contribution in [2.45, 2.75) is 33.0 Å². The highest BCUT2D eigenvalue weighted by Crippen LogP contribution is 2.11. The van der Waals surface area contributed by atoms with E-state index >= 15 is 0 Å². The maximum atomic E-state index is 12.1. The first-order chi connectivity index (χ1) is 12.5. The summed E-state index contributed by atoms with van der Waals surface area (Å²) in [5.41, 5.74) is 2.92. The monoisotopic (exact) mass is 356 g/mol. The van der Waals surface area contributed by atoms with Gasteiger partial charge in [0.05, 0.1) is 11.8 Å². The highest BCUT2D eigenvalue weighted by atomic mass is 16.5. The first kappa shape index (κ1) is 18.1. The molecule has 0 bridgehead atoms. The molecule has 0 spiro atoms. The molecule has 3 rings (SSSR count). The number of hydrogen-bond donors (Lipinski definition) is 1. The number of nitrogens with zero attached hydrogens (tertiary/aromatic N) is 3. The zero-order chi connectivity index (χ0) is 18.5. The van der Waals surface area contributed by atoms with Crippen LogP contribution < -0.4 is 5.32 Å². The van der Waals surface area contributed by atoms with Crippen molar-refractivity contribution < 1.29 is 14.3 Å². The van der Waals surface area contributed by atoms with Crippen molar-refractivity contribution in [3.63, 3.8) is 0 Å². The molecule has 7 nitrogen and oxygen atoms in total. The fourth-order valence-electron chi connectivity index (χ4n) is 3.02. The van der Waals surface area contributed by atoms with E-state index in [0.29, 0.717) is 19.6 Å². The Balaban J connectivity index is 1.49. The fourth-order valence-corrected chi connectivity index (χ4v) is 3.02. The molecule has 26 heavy (non-hydrogen) atoms. The molecular formula is C19H24N4O3. The highest BCUT2D eigenvalue weighted by Gasteiger charge is 2.26. The summed E-state index contributed by atoms with van der Waals surface area (Å²) in [6.07, 6.45) is -0.208. The summed E-state index contributed by atoms with van der Waals surface area (Å²) in [4.78, 5) is 26.0. The van der Waals surface area contributed by atoms with Gasteiger partial charge in [0.2, 0.25) is 11.8 Å². The zero-order valence-corrected chi connectivity index (χ0v) is 15.1. The predicted octanol–water partition coefficient (Wildman–Crippen LogP) is 1.04. The number of morpholine rings is 1. The van der Waals surface area contributed by atoms with Crippen LogP contribution in [0.3, 0.4) is 0 Å². The molecule has 1 fully saturated rings. The minimum absolute atomic E-state index is 0.0286. The van der Waals surface area contributed by atoms with Crippen molar-refractivity contribution >= 4 is 11.8 Å². The van der Waals surface area contributed by atoms with E-state index in [1.165, 1.54) is 0 Å². The number of rotatable bonds is 6. The van der Waals surface area contributed by atoms with Crippen molar-refractivity contribution in [2.24, 2.45) is 0 Å². The van der Waals surface area contributed by atoms with Crippen LogP contribution in [0, 0.1) is 13.8 Å². The van der Waals surface area contributed by atoms with E-state index in [0.717, 1.165) is 17.0 Å². The smallest absolute Gasteiger partial charge is 0.248 e. The van der Waals surface area contributed by atoms with E-state index < -0.39 is 0 Å². The lowest BCUT2D eigenvalue weighted by Gasteiger charge is -2.33. The molecule has 1 N–H and O–H groups in total. The Kier molecular flexibility index (Phi) is 5.68. The Hall–Kier alpha value is -2.67. The van der Waals surface area contributed by atoms with Gasteiger partial charge in [0.25, 0.3) is 0 Å². The van der Waals surface area contributed by atoms with Gasteiger partial charge in [-0.05, 0) is 25.5 Å². The van der Waals surface area contributed by atoms with Gasteiger partial charge in [-0.15, -0.1) is 0 Å². The van der Waals surface area contributed by atoms with E-state index in [4.69, 9.17) is 4.74 Å². The molecule has 7 heteroatoms. The van der Waals surface area contributed by atoms with Crippen LogP contribution in [0.25, 0.3) is 0 Å². The number of carbonyl (C=O) groups is 2. The lowest BCUT2D eigenvalue weighted by atomic mass is 10.2. The first-order valence-electron chi connectivity index (χ1n) is 8.72. The van der Waals surface area contributed by atoms with E-state index in [1.54, 1.807) is 9.58 Å². The van der Waals surface area contributed by atoms with Crippen LogP contribution in [0.5, 0.6) is 0 Å². The van der Waals surface area contributed by atoms with Crippen LogP contribution in [0.2, 0.25) is 0 Å². The van der Waals surface area contributed by atoms with Crippen molar-refractivity contribution in [1.29, 1.82) is 0 Å². The predicted molar refractivity (Wildman–Crippen MR) is 96.3 cm³/mol. The van der Waals surface area contributed by atoms with Crippen LogP contribution in [0.15, 0.2) is 36.4 Å². The number of amides is 2. The van der Waals surface area contributed by atoms with Gasteiger partial charge in [-0.1, -0.05) is 30.3 Å². The number of aryl methyl sites for hydroxylation is 2. The molecule has 138 valence electrons. The van der Waals surface area contributed by atoms with Gasteiger partial charge in [0, 0.05) is 25.3 Å². The summed E-state index contributed by atoms with van der Waals surface area (Å²) in [6, 6.07) is 11.8. The average molecular weight is 356 g/mol. The van der Waals surface area contributed by atoms with Gasteiger partial charge in [-0.25, -0.2) is 0 Å². The molecule has 0 radical (unpaired) electrons. The lowest BCUT2D eigenvalue weighted by molar-refractivity contribution is -0.149. The normalized spacial score (nSPS) is 17.4. The molecule has 1 saturated heterocycles. The molecule has 1 aliphatic rings. The van der Waals surface area contributed by atoms with E-state index in [9.17, 15) is 9.59 Å². The third-order valence-corrected chi connectivity index (χ3v) is 4.36. The summed E-state index contributed by atoms with van der Waals surface area (Å²) >= 11 is 0. The summed E-state index contributed by atoms with van der Waals surface area (Å²) in [5.74, 6) is -0.148. The van der Waals surface area contributed by atoms with E-state index in [1.807, 2.05) is 50.2 Å². The van der Waals surface area contributed by atoms with Crippen LogP contribution >= 0.6 is 0 Å². The van der Waals surface area contributed by atoms with Crippen molar-refractivity contribution in [3.8, 4) is 0 Å². The maximum Gasteiger partial charge on any atom is 0.248 e. The zero-order valence-electron chi connectivity index (χ0n) is 15.1. The molecule has 1 aliphatic heterocycles. The first-order valence-corrected chi connectivity index (χ1v) is 8.72. The Bertz CT molecular complexity index is 772. The summed E-state index contributed by atoms with van der Waals surface area (Å²) in [5, 5.41) is 7.16. The standard InChI is InChI=1S/C19H24N4O3/c1-14-8-15(2)23(21-14)12-18(24)20-9-17-11-22(19(25)13-26-17)10-16-6-4-3-5-7-16/h3-8,17H,9-13H2,1-2H3,(H,20,24). The molecule has 0 saturated carbocycles. The number of benzene rings is 1. The number of ether oxygens (including phenoxy) is 1. The maximum absolute atomic E-state index is 12.1. The van der Waals surface area contributed by atoms with Gasteiger partial charge in [0.15, 0.2) is 0 Å². The van der Waals surface area contributed by atoms with Gasteiger partial charge < -0.3 is 15.0 Å². The Morgan fingerprint density at radius 1 is 1.31 bits per heavy atom. The largest absolute Gasteiger partial charge is 0.365 e. The summed E-state index contributed by atoms with van der Waals surface area (Å²) in [6.45, 7) is 5.44. The molecule has 1 unspecified atom stereocenters. The SMILES string of the molecule is Cc1cc(C)n(CC(=O)NCC2CN(Cc3ccccc3)C(=O)CO2)n1. The Morgan fingerprint density at radius 3 is 2.77 bits per heavy atom. The van der Waals surface area contributed by atoms with Gasteiger partial charge >= 0.3 is 0 Å². The molecule has 1 aromatic heterocycles. The summed E-state index contributed by atoms with van der Waals surface area (Å²) in [7, 11) is 0. The number of nitrogens with one attached hydrogen (secondary N) is 1. The third kappa shape index (κ3) is 4.70. The van der Waals surface area contributed by atoms with E-state index in [-0.39, 0.29) is 31.1 Å². The average Bonchev–Trinajstić information content (AvgIpc) is 2.93. The lowest BCUT2D eigenvalue weighted by Crippen LogP contribution is -2.50. The second-order valence-corrected chi connectivity index (χ2v) is 6.58. The molecule has 2 amide bonds. The highest BCUT2D eigenvalue weighted by molar-refractivity contribution is 5.78. The van der Waals surface area contributed by atoms with E-state index in [2.05, 4.69) is 10.4 Å². The second kappa shape index (κ2) is 8.14. The number of aromatic nitrogens is 2. The van der Waals surface area contributed by atoms with Crippen molar-refractivity contribution in [2.75, 3.05) is 19.7 Å².